The number of hydrogen-bond donors (Lipinski definition) is 2. The molecule has 0 spiro atoms. The van der Waals surface area contributed by atoms with Crippen molar-refractivity contribution in [1.29, 1.82) is 0 Å². The molecule has 204 valence electrons. The lowest BCUT2D eigenvalue weighted by Crippen LogP contribution is -2.53. The first kappa shape index (κ1) is 26.6. The van der Waals surface area contributed by atoms with E-state index in [1.807, 2.05) is 25.7 Å². The minimum Gasteiger partial charge on any atom is -0.474 e. The summed E-state index contributed by atoms with van der Waals surface area (Å²) in [5.41, 5.74) is 6.51. The Kier molecular flexibility index (Phi) is 7.91. The predicted molar refractivity (Wildman–Crippen MR) is 144 cm³/mol. The van der Waals surface area contributed by atoms with E-state index in [9.17, 15) is 9.90 Å². The van der Waals surface area contributed by atoms with Crippen molar-refractivity contribution >= 4 is 27.6 Å². The normalized spacial score (nSPS) is 25.8. The minimum atomic E-state index is -0.485. The number of hydrogen-bond acceptors (Lipinski definition) is 9. The quantitative estimate of drug-likeness (QED) is 0.580. The summed E-state index contributed by atoms with van der Waals surface area (Å²) >= 11 is 1.74. The zero-order valence-electron chi connectivity index (χ0n) is 22.3. The number of piperazine rings is 1. The molecule has 1 saturated carbocycles. The van der Waals surface area contributed by atoms with Crippen LogP contribution in [0.1, 0.15) is 75.7 Å². The molecule has 2 atom stereocenters. The van der Waals surface area contributed by atoms with Crippen LogP contribution in [0.4, 0.5) is 4.79 Å². The SMILES string of the molecule is CC(C)(C)OC(=O)N1CCN([C@H]2CC[C@H](Oc3ncnc4sc5c(c34)[C@@H](CC(O)CN)CC5)CC2)CC1. The van der Waals surface area contributed by atoms with Crippen molar-refractivity contribution in [3.05, 3.63) is 16.8 Å². The molecule has 3 N–H and O–H groups in total. The molecule has 2 fully saturated rings. The van der Waals surface area contributed by atoms with Crippen molar-refractivity contribution in [3.8, 4) is 5.88 Å². The number of amides is 1. The van der Waals surface area contributed by atoms with Gasteiger partial charge in [0.1, 0.15) is 22.9 Å². The second-order valence-electron chi connectivity index (χ2n) is 11.7. The zero-order valence-corrected chi connectivity index (χ0v) is 23.1. The Morgan fingerprint density at radius 2 is 1.89 bits per heavy atom. The molecule has 1 saturated heterocycles. The van der Waals surface area contributed by atoms with Crippen LogP contribution in [0.25, 0.3) is 10.2 Å². The van der Waals surface area contributed by atoms with Crippen molar-refractivity contribution in [1.82, 2.24) is 19.8 Å². The maximum Gasteiger partial charge on any atom is 0.410 e. The van der Waals surface area contributed by atoms with Gasteiger partial charge >= 0.3 is 6.09 Å². The lowest BCUT2D eigenvalue weighted by molar-refractivity contribution is 0.00508. The highest BCUT2D eigenvalue weighted by Crippen LogP contribution is 2.47. The summed E-state index contributed by atoms with van der Waals surface area (Å²) in [7, 11) is 0. The Balaban J connectivity index is 1.17. The highest BCUT2D eigenvalue weighted by atomic mass is 32.1. The summed E-state index contributed by atoms with van der Waals surface area (Å²) in [5.74, 6) is 0.983. The molecule has 5 rings (SSSR count). The van der Waals surface area contributed by atoms with E-state index >= 15 is 0 Å². The Labute approximate surface area is 223 Å². The monoisotopic (exact) mass is 531 g/mol. The topological polar surface area (TPSA) is 114 Å². The third kappa shape index (κ3) is 6.02. The minimum absolute atomic E-state index is 0.141. The Bertz CT molecular complexity index is 1090. The number of aliphatic hydroxyl groups excluding tert-OH is 1. The second-order valence-corrected chi connectivity index (χ2v) is 12.8. The van der Waals surface area contributed by atoms with E-state index in [1.54, 1.807) is 17.7 Å². The van der Waals surface area contributed by atoms with Crippen molar-refractivity contribution in [3.63, 3.8) is 0 Å². The molecule has 2 aromatic heterocycles. The van der Waals surface area contributed by atoms with E-state index in [0.717, 1.165) is 61.8 Å². The third-order valence-electron chi connectivity index (χ3n) is 7.93. The first-order valence-electron chi connectivity index (χ1n) is 13.7. The van der Waals surface area contributed by atoms with Gasteiger partial charge in [0.25, 0.3) is 0 Å². The molecule has 2 aliphatic carbocycles. The Morgan fingerprint density at radius 1 is 1.16 bits per heavy atom. The average molecular weight is 532 g/mol. The smallest absolute Gasteiger partial charge is 0.410 e. The van der Waals surface area contributed by atoms with E-state index in [4.69, 9.17) is 15.2 Å². The van der Waals surface area contributed by atoms with Crippen LogP contribution in [0.2, 0.25) is 0 Å². The van der Waals surface area contributed by atoms with Crippen molar-refractivity contribution in [2.75, 3.05) is 32.7 Å². The van der Waals surface area contributed by atoms with Crippen molar-refractivity contribution in [2.24, 2.45) is 5.73 Å². The second kappa shape index (κ2) is 11.0. The Morgan fingerprint density at radius 3 is 2.57 bits per heavy atom. The van der Waals surface area contributed by atoms with Gasteiger partial charge in [-0.25, -0.2) is 14.8 Å². The number of carbonyl (C=O) groups is 1. The van der Waals surface area contributed by atoms with Crippen LogP contribution in [0.3, 0.4) is 0 Å². The van der Waals surface area contributed by atoms with Gasteiger partial charge in [-0.1, -0.05) is 0 Å². The molecule has 1 amide bonds. The van der Waals surface area contributed by atoms with Gasteiger partial charge in [-0.05, 0) is 77.2 Å². The van der Waals surface area contributed by atoms with Gasteiger partial charge in [-0.3, -0.25) is 4.90 Å². The van der Waals surface area contributed by atoms with Gasteiger partial charge in [-0.2, -0.15) is 0 Å². The van der Waals surface area contributed by atoms with E-state index in [2.05, 4.69) is 14.9 Å². The highest BCUT2D eigenvalue weighted by Gasteiger charge is 2.34. The van der Waals surface area contributed by atoms with Crippen LogP contribution < -0.4 is 10.5 Å². The van der Waals surface area contributed by atoms with Crippen LogP contribution in [0, 0.1) is 0 Å². The Hall–Kier alpha value is -2.01. The number of thiophene rings is 1. The fourth-order valence-corrected chi connectivity index (χ4v) is 7.30. The number of nitrogens with zero attached hydrogens (tertiary/aromatic N) is 4. The molecule has 0 radical (unpaired) electrons. The summed E-state index contributed by atoms with van der Waals surface area (Å²) in [6.07, 6.45) is 7.94. The highest BCUT2D eigenvalue weighted by molar-refractivity contribution is 7.19. The average Bonchev–Trinajstić information content (AvgIpc) is 3.43. The number of fused-ring (bicyclic) bond motifs is 3. The molecule has 10 heteroatoms. The molecule has 3 aliphatic rings. The lowest BCUT2D eigenvalue weighted by Gasteiger charge is -2.42. The van der Waals surface area contributed by atoms with Gasteiger partial charge in [0.05, 0.1) is 11.5 Å². The predicted octanol–water partition coefficient (Wildman–Crippen LogP) is 3.67. The number of carbonyl (C=O) groups excluding carboxylic acids is 1. The maximum absolute atomic E-state index is 12.4. The molecule has 37 heavy (non-hydrogen) atoms. The third-order valence-corrected chi connectivity index (χ3v) is 9.10. The van der Waals surface area contributed by atoms with Crippen LogP contribution >= 0.6 is 11.3 Å². The lowest BCUT2D eigenvalue weighted by atomic mass is 9.91. The first-order chi connectivity index (χ1) is 17.7. The van der Waals surface area contributed by atoms with Gasteiger partial charge in [0.15, 0.2) is 0 Å². The van der Waals surface area contributed by atoms with Gasteiger partial charge in [0, 0.05) is 43.6 Å². The van der Waals surface area contributed by atoms with E-state index < -0.39 is 11.7 Å². The number of ether oxygens (including phenoxy) is 2. The summed E-state index contributed by atoms with van der Waals surface area (Å²) in [5, 5.41) is 11.2. The molecule has 0 aromatic carbocycles. The van der Waals surface area contributed by atoms with Crippen LogP contribution in [0.15, 0.2) is 6.33 Å². The van der Waals surface area contributed by atoms with Crippen LogP contribution in [-0.2, 0) is 11.2 Å². The van der Waals surface area contributed by atoms with Crippen LogP contribution in [-0.4, -0.2) is 87.5 Å². The van der Waals surface area contributed by atoms with E-state index in [0.29, 0.717) is 31.4 Å². The zero-order chi connectivity index (χ0) is 26.2. The molecule has 9 nitrogen and oxygen atoms in total. The van der Waals surface area contributed by atoms with Gasteiger partial charge < -0.3 is 25.2 Å². The summed E-state index contributed by atoms with van der Waals surface area (Å²) in [6.45, 7) is 9.21. The first-order valence-corrected chi connectivity index (χ1v) is 14.6. The number of rotatable bonds is 6. The number of aromatic nitrogens is 2. The standard InChI is InChI=1S/C27H41N5O4S/c1-27(2,3)36-26(34)32-12-10-31(11-13-32)18-5-7-20(8-6-18)35-24-23-22-17(14-19(33)15-28)4-9-21(22)37-25(23)30-16-29-24/h16-20,33H,4-15,28H2,1-3H3/t17-,18-,19?,20-/m1/s1. The molecule has 2 aromatic rings. The largest absolute Gasteiger partial charge is 0.474 e. The molecule has 3 heterocycles. The molecule has 0 bridgehead atoms. The molecular formula is C27H41N5O4S. The number of nitrogens with two attached hydrogens (primary N) is 1. The molecule has 1 unspecified atom stereocenters. The fraction of sp³-hybridized carbons (Fsp3) is 0.741. The summed E-state index contributed by atoms with van der Waals surface area (Å²) in [6, 6.07) is 0.526. The fourth-order valence-electron chi connectivity index (χ4n) is 6.07. The van der Waals surface area contributed by atoms with Gasteiger partial charge in [-0.15, -0.1) is 11.3 Å². The number of aryl methyl sites for hydroxylation is 1. The van der Waals surface area contributed by atoms with Gasteiger partial charge in [0.2, 0.25) is 5.88 Å². The maximum atomic E-state index is 12.4. The summed E-state index contributed by atoms with van der Waals surface area (Å²) in [4.78, 5) is 28.2. The summed E-state index contributed by atoms with van der Waals surface area (Å²) < 4.78 is 12.1. The molecule has 1 aliphatic heterocycles. The number of aliphatic hydroxyl groups is 1. The van der Waals surface area contributed by atoms with E-state index in [1.165, 1.54) is 10.4 Å². The molecular weight excluding hydrogens is 490 g/mol. The van der Waals surface area contributed by atoms with Crippen molar-refractivity contribution in [2.45, 2.75) is 95.5 Å². The van der Waals surface area contributed by atoms with E-state index in [-0.39, 0.29) is 24.7 Å². The van der Waals surface area contributed by atoms with Crippen LogP contribution in [0.5, 0.6) is 5.88 Å². The van der Waals surface area contributed by atoms with Crippen molar-refractivity contribution < 1.29 is 19.4 Å².